The molecule has 3 aliphatic heterocycles. The minimum absolute atomic E-state index is 0.0966. The van der Waals surface area contributed by atoms with Gasteiger partial charge in [0.1, 0.15) is 23.0 Å². The lowest BCUT2D eigenvalue weighted by atomic mass is 9.51. The Bertz CT molecular complexity index is 2300. The fraction of sp³-hybridized carbons (Fsp3) is 0.342. The second-order valence-corrected chi connectivity index (χ2v) is 15.9. The van der Waals surface area contributed by atoms with E-state index in [1.54, 1.807) is 53.6 Å². The molecule has 2 saturated heterocycles. The number of anilines is 1. The number of hydrogen-bond acceptors (Lipinski definition) is 8. The van der Waals surface area contributed by atoms with Crippen LogP contribution in [0.15, 0.2) is 65.9 Å². The molecule has 0 radical (unpaired) electrons. The first-order chi connectivity index (χ1) is 23.9. The summed E-state index contributed by atoms with van der Waals surface area (Å²) in [7, 11) is 3.25. The van der Waals surface area contributed by atoms with Crippen molar-refractivity contribution in [1.29, 1.82) is 0 Å². The highest BCUT2D eigenvalue weighted by Crippen LogP contribution is 2.63. The molecule has 12 heteroatoms. The number of phenolic OH excluding ortho intramolecular Hbond substituents is 1. The molecule has 50 heavy (non-hydrogen) atoms. The van der Waals surface area contributed by atoms with Crippen molar-refractivity contribution in [2.45, 2.75) is 33.1 Å². The smallest absolute Gasteiger partial charge is 0.242 e. The van der Waals surface area contributed by atoms with E-state index >= 15 is 4.79 Å². The molecule has 6 unspecified atom stereocenters. The molecule has 5 aliphatic rings. The molecule has 9 rings (SSSR count). The van der Waals surface area contributed by atoms with Crippen LogP contribution in [0.25, 0.3) is 20.7 Å². The van der Waals surface area contributed by atoms with Gasteiger partial charge < -0.3 is 9.84 Å². The number of aryl methyl sites for hydroxylation is 2. The highest BCUT2D eigenvalue weighted by molar-refractivity contribution is 7.22. The number of likely N-dealkylation sites (tertiary alicyclic amines) is 1. The number of aromatic nitrogens is 2. The first-order valence-corrected chi connectivity index (χ1v) is 17.9. The average Bonchev–Trinajstić information content (AvgIpc) is 3.75. The Labute approximate surface area is 296 Å². The van der Waals surface area contributed by atoms with Crippen molar-refractivity contribution in [3.8, 4) is 22.1 Å². The summed E-state index contributed by atoms with van der Waals surface area (Å²) in [5, 5.41) is 16.8. The number of ether oxygens (including phenoxy) is 1. The van der Waals surface area contributed by atoms with Crippen LogP contribution in [0, 0.1) is 41.9 Å². The number of amides is 4. The molecule has 1 N–H and O–H groups in total. The van der Waals surface area contributed by atoms with Crippen LogP contribution in [-0.2, 0) is 32.6 Å². The molecule has 10 nitrogen and oxygen atoms in total. The molecule has 2 aromatic heterocycles. The molecule has 2 aliphatic carbocycles. The minimum atomic E-state index is -1.22. The van der Waals surface area contributed by atoms with Gasteiger partial charge in [0.25, 0.3) is 0 Å². The highest BCUT2D eigenvalue weighted by atomic mass is 35.5. The SMILES string of the molecule is Cc1c(-c2cc(N3C(=O)C4CC5C(=CCC6C(=O)N(C)C(=O)C65)C(C5=COc6ccc(O)cc6C5)C4(C)C3=O)n(C)n2)sc2ccc(Cl)cc12. The van der Waals surface area contributed by atoms with Crippen molar-refractivity contribution in [2.75, 3.05) is 11.9 Å². The predicted molar refractivity (Wildman–Crippen MR) is 187 cm³/mol. The normalized spacial score (nSPS) is 28.7. The Balaban J connectivity index is 1.16. The number of imide groups is 2. The van der Waals surface area contributed by atoms with Crippen LogP contribution in [0.3, 0.4) is 0 Å². The number of benzene rings is 2. The number of carbonyl (C=O) groups is 4. The van der Waals surface area contributed by atoms with Gasteiger partial charge >= 0.3 is 0 Å². The van der Waals surface area contributed by atoms with Crippen molar-refractivity contribution >= 4 is 62.5 Å². The number of aromatic hydroxyl groups is 1. The van der Waals surface area contributed by atoms with Crippen LogP contribution in [0.1, 0.15) is 30.9 Å². The zero-order chi connectivity index (χ0) is 35.0. The van der Waals surface area contributed by atoms with Crippen LogP contribution >= 0.6 is 22.9 Å². The molecule has 2 aromatic carbocycles. The van der Waals surface area contributed by atoms with Crippen LogP contribution in [-0.4, -0.2) is 50.5 Å². The summed E-state index contributed by atoms with van der Waals surface area (Å²) in [6.07, 6.45) is 4.72. The van der Waals surface area contributed by atoms with E-state index in [1.165, 1.54) is 16.8 Å². The maximum absolute atomic E-state index is 15.0. The molecular formula is C38H33ClN4O6S. The molecule has 4 amide bonds. The molecular weight excluding hydrogens is 676 g/mol. The Kier molecular flexibility index (Phi) is 6.65. The molecule has 3 fully saturated rings. The van der Waals surface area contributed by atoms with Gasteiger partial charge in [-0.2, -0.15) is 5.10 Å². The van der Waals surface area contributed by atoms with Gasteiger partial charge in [-0.15, -0.1) is 11.3 Å². The van der Waals surface area contributed by atoms with Crippen molar-refractivity contribution in [2.24, 2.45) is 42.1 Å². The topological polar surface area (TPSA) is 122 Å². The van der Waals surface area contributed by atoms with Crippen LogP contribution in [0.5, 0.6) is 11.5 Å². The molecule has 254 valence electrons. The Morgan fingerprint density at radius 3 is 2.62 bits per heavy atom. The fourth-order valence-corrected chi connectivity index (χ4v) is 10.8. The number of phenols is 1. The lowest BCUT2D eigenvalue weighted by Crippen LogP contribution is -2.51. The van der Waals surface area contributed by atoms with Crippen molar-refractivity contribution in [3.63, 3.8) is 0 Å². The van der Waals surface area contributed by atoms with E-state index in [0.717, 1.165) is 37.2 Å². The van der Waals surface area contributed by atoms with E-state index in [-0.39, 0.29) is 35.8 Å². The Morgan fingerprint density at radius 1 is 1.02 bits per heavy atom. The van der Waals surface area contributed by atoms with Crippen molar-refractivity contribution in [3.05, 3.63) is 82.1 Å². The van der Waals surface area contributed by atoms with Gasteiger partial charge in [0.2, 0.25) is 23.6 Å². The van der Waals surface area contributed by atoms with E-state index in [0.29, 0.717) is 35.1 Å². The quantitative estimate of drug-likeness (QED) is 0.199. The maximum Gasteiger partial charge on any atom is 0.242 e. The molecule has 0 bridgehead atoms. The van der Waals surface area contributed by atoms with Gasteiger partial charge in [0.05, 0.1) is 34.3 Å². The number of halogens is 1. The van der Waals surface area contributed by atoms with E-state index in [2.05, 4.69) is 0 Å². The summed E-state index contributed by atoms with van der Waals surface area (Å²) in [4.78, 5) is 59.9. The fourth-order valence-electron chi connectivity index (χ4n) is 9.44. The lowest BCUT2D eigenvalue weighted by molar-refractivity contribution is -0.139. The van der Waals surface area contributed by atoms with E-state index in [4.69, 9.17) is 21.4 Å². The minimum Gasteiger partial charge on any atom is -0.508 e. The number of thiophene rings is 1. The first kappa shape index (κ1) is 31.3. The van der Waals surface area contributed by atoms with Crippen LogP contribution in [0.2, 0.25) is 5.02 Å². The Morgan fingerprint density at radius 2 is 1.82 bits per heavy atom. The van der Waals surface area contributed by atoms with Gasteiger partial charge in [-0.3, -0.25) is 28.8 Å². The van der Waals surface area contributed by atoms with E-state index in [1.807, 2.05) is 38.1 Å². The van der Waals surface area contributed by atoms with Crippen LogP contribution in [0.4, 0.5) is 5.82 Å². The number of carbonyl (C=O) groups excluding carboxylic acids is 4. The second kappa shape index (κ2) is 10.6. The third-order valence-electron chi connectivity index (χ3n) is 11.9. The van der Waals surface area contributed by atoms with E-state index in [9.17, 15) is 19.5 Å². The molecule has 5 heterocycles. The standard InChI is InChI=1S/C38H33ClN4O6S/c1-17-24-13-20(39)5-10-29(24)50-33(17)27-15-30(42(4)40-27)43-35(46)26-14-25-22(7-8-23-31(25)36(47)41(3)34(23)45)32(38(26,2)37(43)48)19-11-18-12-21(44)6-9-28(18)49-16-19/h5-7,9-10,12-13,15-16,23,25-26,31-32,44H,8,11,14H2,1-4H3. The first-order valence-electron chi connectivity index (χ1n) is 16.7. The summed E-state index contributed by atoms with van der Waals surface area (Å²) in [6.45, 7) is 3.87. The van der Waals surface area contributed by atoms with Gasteiger partial charge in [-0.05, 0) is 85.5 Å². The molecule has 1 saturated carbocycles. The second-order valence-electron chi connectivity index (χ2n) is 14.4. The molecule has 6 atom stereocenters. The van der Waals surface area contributed by atoms with Gasteiger partial charge in [-0.1, -0.05) is 23.3 Å². The predicted octanol–water partition coefficient (Wildman–Crippen LogP) is 6.18. The van der Waals surface area contributed by atoms with Crippen molar-refractivity contribution < 1.29 is 29.0 Å². The van der Waals surface area contributed by atoms with Crippen molar-refractivity contribution in [1.82, 2.24) is 14.7 Å². The zero-order valence-electron chi connectivity index (χ0n) is 27.8. The number of allylic oxidation sites excluding steroid dienone is 3. The lowest BCUT2D eigenvalue weighted by Gasteiger charge is -2.49. The van der Waals surface area contributed by atoms with Gasteiger partial charge in [0.15, 0.2) is 0 Å². The highest BCUT2D eigenvalue weighted by Gasteiger charge is 2.68. The average molecular weight is 709 g/mol. The van der Waals surface area contributed by atoms with Crippen LogP contribution < -0.4 is 9.64 Å². The summed E-state index contributed by atoms with van der Waals surface area (Å²) in [5.74, 6) is -2.94. The largest absolute Gasteiger partial charge is 0.508 e. The summed E-state index contributed by atoms with van der Waals surface area (Å²) >= 11 is 7.88. The monoisotopic (exact) mass is 708 g/mol. The molecule has 0 spiro atoms. The summed E-state index contributed by atoms with van der Waals surface area (Å²) < 4.78 is 8.72. The third kappa shape index (κ3) is 4.10. The number of nitrogens with zero attached hydrogens (tertiary/aromatic N) is 4. The zero-order valence-corrected chi connectivity index (χ0v) is 29.3. The van der Waals surface area contributed by atoms with Gasteiger partial charge in [0, 0.05) is 47.8 Å². The number of fused-ring (bicyclic) bond motifs is 6. The number of rotatable bonds is 3. The van der Waals surface area contributed by atoms with E-state index < -0.39 is 35.0 Å². The maximum atomic E-state index is 15.0. The summed E-state index contributed by atoms with van der Waals surface area (Å²) in [5.41, 5.74) is 2.87. The van der Waals surface area contributed by atoms with Gasteiger partial charge in [-0.25, -0.2) is 4.90 Å². The Hall–Kier alpha value is -4.74. The third-order valence-corrected chi connectivity index (χ3v) is 13.4. The number of hydrogen-bond donors (Lipinski definition) is 1. The summed E-state index contributed by atoms with van der Waals surface area (Å²) in [6, 6.07) is 12.5. The molecule has 4 aromatic rings.